The maximum absolute atomic E-state index is 12.5. The van der Waals surface area contributed by atoms with Crippen molar-refractivity contribution >= 4 is 22.9 Å². The molecule has 1 aliphatic heterocycles. The molecule has 0 spiro atoms. The highest BCUT2D eigenvalue weighted by Crippen LogP contribution is 2.22. The molecule has 1 fully saturated rings. The molecule has 0 unspecified atom stereocenters. The average Bonchev–Trinajstić information content (AvgIpc) is 2.97. The topological polar surface area (TPSA) is 80.0 Å². The van der Waals surface area contributed by atoms with Gasteiger partial charge < -0.3 is 9.80 Å². The first-order chi connectivity index (χ1) is 11.2. The number of fused-ring (bicyclic) bond motifs is 1. The van der Waals surface area contributed by atoms with Crippen LogP contribution in [0.4, 0.5) is 5.82 Å². The molecule has 3 heterocycles. The molecule has 1 aliphatic rings. The molecule has 0 radical (unpaired) electrons. The van der Waals surface area contributed by atoms with Gasteiger partial charge in [0.25, 0.3) is 0 Å². The number of rotatable bonds is 4. The quantitative estimate of drug-likeness (QED) is 0.831. The molecule has 0 saturated carbocycles. The normalized spacial score (nSPS) is 15.7. The summed E-state index contributed by atoms with van der Waals surface area (Å²) in [5.41, 5.74) is 1.44. The Morgan fingerprint density at radius 3 is 2.52 bits per heavy atom. The van der Waals surface area contributed by atoms with Crippen molar-refractivity contribution in [2.45, 2.75) is 26.7 Å². The Kier molecular flexibility index (Phi) is 4.40. The van der Waals surface area contributed by atoms with E-state index in [1.54, 1.807) is 11.0 Å². The van der Waals surface area contributed by atoms with Crippen LogP contribution in [-0.2, 0) is 11.8 Å². The van der Waals surface area contributed by atoms with E-state index in [0.717, 1.165) is 56.0 Å². The average molecular weight is 317 g/mol. The molecule has 1 saturated heterocycles. The summed E-state index contributed by atoms with van der Waals surface area (Å²) in [6.45, 7) is 7.12. The van der Waals surface area contributed by atoms with Crippen LogP contribution >= 0.6 is 0 Å². The molecule has 0 N–H and O–H groups in total. The van der Waals surface area contributed by atoms with Crippen LogP contribution < -0.4 is 4.90 Å². The minimum absolute atomic E-state index is 0.146. The van der Waals surface area contributed by atoms with Gasteiger partial charge >= 0.3 is 0 Å². The molecule has 0 aliphatic carbocycles. The molecule has 2 aromatic heterocycles. The minimum atomic E-state index is 0.146. The molecule has 124 valence electrons. The van der Waals surface area contributed by atoms with Crippen LogP contribution in [0.1, 0.15) is 26.7 Å². The number of carbonyl (C=O) groups excluding carboxylic acids is 1. The van der Waals surface area contributed by atoms with Crippen molar-refractivity contribution in [1.82, 2.24) is 29.9 Å². The predicted molar refractivity (Wildman–Crippen MR) is 87.0 cm³/mol. The second-order valence-electron chi connectivity index (χ2n) is 5.91. The van der Waals surface area contributed by atoms with E-state index in [-0.39, 0.29) is 11.8 Å². The molecule has 8 nitrogen and oxygen atoms in total. The first-order valence-electron chi connectivity index (χ1n) is 8.19. The Morgan fingerprint density at radius 1 is 1.17 bits per heavy atom. The molecule has 0 atom stereocenters. The second-order valence-corrected chi connectivity index (χ2v) is 5.91. The van der Waals surface area contributed by atoms with Crippen LogP contribution in [0.25, 0.3) is 11.2 Å². The van der Waals surface area contributed by atoms with Crippen molar-refractivity contribution in [1.29, 1.82) is 0 Å². The Bertz CT molecular complexity index is 686. The summed E-state index contributed by atoms with van der Waals surface area (Å²) in [4.78, 5) is 25.2. The van der Waals surface area contributed by atoms with E-state index < -0.39 is 0 Å². The van der Waals surface area contributed by atoms with Gasteiger partial charge in [0, 0.05) is 39.1 Å². The maximum atomic E-state index is 12.5. The highest BCUT2D eigenvalue weighted by atomic mass is 16.2. The molecular formula is C15H23N7O. The van der Waals surface area contributed by atoms with Crippen LogP contribution in [0.15, 0.2) is 6.33 Å². The minimum Gasteiger partial charge on any atom is -0.351 e. The third-order valence-corrected chi connectivity index (χ3v) is 4.59. The number of aryl methyl sites for hydroxylation is 1. The number of amides is 1. The van der Waals surface area contributed by atoms with E-state index in [0.29, 0.717) is 0 Å². The Hall–Kier alpha value is -2.25. The SMILES string of the molecule is CCC(CC)C(=O)N1CCN(c2ncnc3c2nnn3C)CC1. The van der Waals surface area contributed by atoms with Crippen molar-refractivity contribution in [3.63, 3.8) is 0 Å². The van der Waals surface area contributed by atoms with E-state index in [1.807, 2.05) is 11.9 Å². The summed E-state index contributed by atoms with van der Waals surface area (Å²) in [5, 5.41) is 8.18. The number of piperazine rings is 1. The summed E-state index contributed by atoms with van der Waals surface area (Å²) in [5.74, 6) is 1.23. The van der Waals surface area contributed by atoms with Gasteiger partial charge in [-0.25, -0.2) is 14.6 Å². The molecule has 3 rings (SSSR count). The standard InChI is InChI=1S/C15H23N7O/c1-4-11(5-2)15(23)22-8-6-21(7-9-22)14-12-13(16-10-17-14)20(3)19-18-12/h10-11H,4-9H2,1-3H3. The summed E-state index contributed by atoms with van der Waals surface area (Å²) in [6.07, 6.45) is 3.35. The third-order valence-electron chi connectivity index (χ3n) is 4.59. The van der Waals surface area contributed by atoms with Crippen molar-refractivity contribution in [2.24, 2.45) is 13.0 Å². The van der Waals surface area contributed by atoms with Crippen molar-refractivity contribution in [2.75, 3.05) is 31.1 Å². The van der Waals surface area contributed by atoms with Gasteiger partial charge in [0.2, 0.25) is 5.91 Å². The zero-order chi connectivity index (χ0) is 16.4. The van der Waals surface area contributed by atoms with Gasteiger partial charge in [-0.15, -0.1) is 5.10 Å². The number of hydrogen-bond acceptors (Lipinski definition) is 6. The lowest BCUT2D eigenvalue weighted by atomic mass is 10.0. The van der Waals surface area contributed by atoms with E-state index in [9.17, 15) is 4.79 Å². The molecule has 1 amide bonds. The molecule has 0 aromatic carbocycles. The fourth-order valence-electron chi connectivity index (χ4n) is 3.11. The van der Waals surface area contributed by atoms with Gasteiger partial charge in [0.05, 0.1) is 0 Å². The van der Waals surface area contributed by atoms with E-state index >= 15 is 0 Å². The highest BCUT2D eigenvalue weighted by Gasteiger charge is 2.27. The smallest absolute Gasteiger partial charge is 0.225 e. The molecule has 8 heteroatoms. The van der Waals surface area contributed by atoms with Crippen LogP contribution in [0.3, 0.4) is 0 Å². The fourth-order valence-corrected chi connectivity index (χ4v) is 3.11. The Morgan fingerprint density at radius 2 is 1.87 bits per heavy atom. The van der Waals surface area contributed by atoms with Gasteiger partial charge in [-0.2, -0.15) is 0 Å². The molecular weight excluding hydrogens is 294 g/mol. The van der Waals surface area contributed by atoms with Gasteiger partial charge in [0.1, 0.15) is 6.33 Å². The predicted octanol–water partition coefficient (Wildman–Crippen LogP) is 0.843. The zero-order valence-corrected chi connectivity index (χ0v) is 13.9. The summed E-state index contributed by atoms with van der Waals surface area (Å²) in [7, 11) is 1.82. The first-order valence-corrected chi connectivity index (χ1v) is 8.19. The van der Waals surface area contributed by atoms with Crippen LogP contribution in [0, 0.1) is 5.92 Å². The second kappa shape index (κ2) is 6.47. The number of aromatic nitrogens is 5. The van der Waals surface area contributed by atoms with Crippen molar-refractivity contribution < 1.29 is 4.79 Å². The zero-order valence-electron chi connectivity index (χ0n) is 13.9. The van der Waals surface area contributed by atoms with Crippen molar-refractivity contribution in [3.8, 4) is 0 Å². The molecule has 0 bridgehead atoms. The number of carbonyl (C=O) groups is 1. The van der Waals surface area contributed by atoms with Crippen LogP contribution in [-0.4, -0.2) is 61.9 Å². The molecule has 2 aromatic rings. The van der Waals surface area contributed by atoms with Crippen LogP contribution in [0.5, 0.6) is 0 Å². The Balaban J connectivity index is 1.72. The maximum Gasteiger partial charge on any atom is 0.225 e. The van der Waals surface area contributed by atoms with E-state index in [2.05, 4.69) is 39.0 Å². The van der Waals surface area contributed by atoms with Gasteiger partial charge in [-0.1, -0.05) is 19.1 Å². The lowest BCUT2D eigenvalue weighted by molar-refractivity contribution is -0.136. The van der Waals surface area contributed by atoms with Crippen molar-refractivity contribution in [3.05, 3.63) is 6.33 Å². The highest BCUT2D eigenvalue weighted by molar-refractivity contribution is 5.83. The lowest BCUT2D eigenvalue weighted by Gasteiger charge is -2.36. The van der Waals surface area contributed by atoms with Gasteiger partial charge in [-0.3, -0.25) is 4.79 Å². The number of anilines is 1. The summed E-state index contributed by atoms with van der Waals surface area (Å²) < 4.78 is 1.65. The van der Waals surface area contributed by atoms with Gasteiger partial charge in [-0.05, 0) is 12.8 Å². The fraction of sp³-hybridized carbons (Fsp3) is 0.667. The van der Waals surface area contributed by atoms with E-state index in [4.69, 9.17) is 0 Å². The first kappa shape index (κ1) is 15.6. The number of nitrogens with zero attached hydrogens (tertiary/aromatic N) is 7. The summed E-state index contributed by atoms with van der Waals surface area (Å²) in [6, 6.07) is 0. The van der Waals surface area contributed by atoms with E-state index in [1.165, 1.54) is 0 Å². The third kappa shape index (κ3) is 2.85. The largest absolute Gasteiger partial charge is 0.351 e. The monoisotopic (exact) mass is 317 g/mol. The Labute approximate surface area is 135 Å². The lowest BCUT2D eigenvalue weighted by Crippen LogP contribution is -2.50. The molecule has 23 heavy (non-hydrogen) atoms. The van der Waals surface area contributed by atoms with Crippen LogP contribution in [0.2, 0.25) is 0 Å². The van der Waals surface area contributed by atoms with Gasteiger partial charge in [0.15, 0.2) is 17.0 Å². The number of hydrogen-bond donors (Lipinski definition) is 0. The summed E-state index contributed by atoms with van der Waals surface area (Å²) >= 11 is 0.